The van der Waals surface area contributed by atoms with Crippen molar-refractivity contribution < 1.29 is 4.74 Å². The van der Waals surface area contributed by atoms with E-state index in [0.29, 0.717) is 0 Å². The lowest BCUT2D eigenvalue weighted by Gasteiger charge is -2.19. The fourth-order valence-corrected chi connectivity index (χ4v) is 6.94. The first-order chi connectivity index (χ1) is 18.6. The number of benzene rings is 4. The van der Waals surface area contributed by atoms with E-state index in [1.165, 1.54) is 43.6 Å². The maximum absolute atomic E-state index is 5.90. The SMILES string of the molecule is CCc1c(C)cc2nc(-c3cccc(-c4ccc5c(cnn5C)c4)c3)sc2c1-c1ccc2c(c1)CCCO2. The molecule has 3 heterocycles. The van der Waals surface area contributed by atoms with Gasteiger partial charge >= 0.3 is 0 Å². The van der Waals surface area contributed by atoms with E-state index in [1.807, 2.05) is 17.9 Å². The summed E-state index contributed by atoms with van der Waals surface area (Å²) in [6, 6.07) is 24.3. The molecule has 7 rings (SSSR count). The zero-order chi connectivity index (χ0) is 25.8. The van der Waals surface area contributed by atoms with Crippen LogP contribution in [0.4, 0.5) is 0 Å². The second-order valence-corrected chi connectivity index (χ2v) is 11.2. The van der Waals surface area contributed by atoms with Crippen LogP contribution in [0.15, 0.2) is 72.9 Å². The summed E-state index contributed by atoms with van der Waals surface area (Å²) in [6.45, 7) is 5.29. The Morgan fingerprint density at radius 2 is 1.79 bits per heavy atom. The number of aryl methyl sites for hydroxylation is 3. The average Bonchev–Trinajstić information content (AvgIpc) is 3.55. The van der Waals surface area contributed by atoms with E-state index in [1.54, 1.807) is 11.3 Å². The summed E-state index contributed by atoms with van der Waals surface area (Å²) in [7, 11) is 1.98. The molecular weight excluding hydrogens is 486 g/mol. The predicted molar refractivity (Wildman–Crippen MR) is 158 cm³/mol. The molecule has 5 heteroatoms. The number of nitrogens with zero attached hydrogens (tertiary/aromatic N) is 3. The standard InChI is InChI=1S/C33H29N3OS/c1-4-27-20(2)15-28-32(31(27)24-11-13-30-23(18-24)9-6-14-37-30)38-33(35-28)25-8-5-7-21(16-25)22-10-12-29-26(17-22)19-34-36(29)3/h5,7-8,10-13,15-19H,4,6,9,14H2,1-3H3. The highest BCUT2D eigenvalue weighted by atomic mass is 32.1. The van der Waals surface area contributed by atoms with Gasteiger partial charge in [-0.1, -0.05) is 37.3 Å². The summed E-state index contributed by atoms with van der Waals surface area (Å²) >= 11 is 1.80. The molecule has 1 aliphatic rings. The van der Waals surface area contributed by atoms with Crippen molar-refractivity contribution in [1.29, 1.82) is 0 Å². The summed E-state index contributed by atoms with van der Waals surface area (Å²) < 4.78 is 9.08. The minimum Gasteiger partial charge on any atom is -0.493 e. The van der Waals surface area contributed by atoms with E-state index in [-0.39, 0.29) is 0 Å². The van der Waals surface area contributed by atoms with Gasteiger partial charge < -0.3 is 4.74 Å². The topological polar surface area (TPSA) is 39.9 Å². The van der Waals surface area contributed by atoms with Crippen LogP contribution < -0.4 is 4.74 Å². The Balaban J connectivity index is 1.35. The molecule has 6 aromatic rings. The Morgan fingerprint density at radius 3 is 2.68 bits per heavy atom. The monoisotopic (exact) mass is 515 g/mol. The van der Waals surface area contributed by atoms with Gasteiger partial charge in [0.2, 0.25) is 0 Å². The van der Waals surface area contributed by atoms with Crippen molar-refractivity contribution in [1.82, 2.24) is 14.8 Å². The zero-order valence-corrected chi connectivity index (χ0v) is 22.7. The average molecular weight is 516 g/mol. The molecule has 188 valence electrons. The van der Waals surface area contributed by atoms with Crippen LogP contribution in [-0.2, 0) is 19.9 Å². The van der Waals surface area contributed by atoms with Gasteiger partial charge in [-0.05, 0) is 96.0 Å². The summed E-state index contributed by atoms with van der Waals surface area (Å²) in [5.41, 5.74) is 12.4. The second-order valence-electron chi connectivity index (χ2n) is 10.2. The molecule has 0 saturated heterocycles. The number of rotatable bonds is 4. The number of aromatic nitrogens is 3. The van der Waals surface area contributed by atoms with E-state index >= 15 is 0 Å². The highest BCUT2D eigenvalue weighted by Gasteiger charge is 2.19. The first-order valence-corrected chi connectivity index (χ1v) is 14.1. The van der Waals surface area contributed by atoms with Gasteiger partial charge in [-0.2, -0.15) is 5.10 Å². The molecule has 0 saturated carbocycles. The van der Waals surface area contributed by atoms with Crippen LogP contribution in [-0.4, -0.2) is 21.4 Å². The first kappa shape index (κ1) is 23.2. The number of hydrogen-bond acceptors (Lipinski definition) is 4. The minimum absolute atomic E-state index is 0.814. The third-order valence-corrected chi connectivity index (χ3v) is 8.89. The lowest BCUT2D eigenvalue weighted by molar-refractivity contribution is 0.288. The lowest BCUT2D eigenvalue weighted by Crippen LogP contribution is -2.08. The minimum atomic E-state index is 0.814. The first-order valence-electron chi connectivity index (χ1n) is 13.3. The third-order valence-electron chi connectivity index (χ3n) is 7.75. The predicted octanol–water partition coefficient (Wildman–Crippen LogP) is 8.38. The van der Waals surface area contributed by atoms with Gasteiger partial charge in [-0.3, -0.25) is 4.68 Å². The van der Waals surface area contributed by atoms with Gasteiger partial charge in [0.15, 0.2) is 0 Å². The van der Waals surface area contributed by atoms with Crippen molar-refractivity contribution in [3.63, 3.8) is 0 Å². The Labute approximate surface area is 226 Å². The second kappa shape index (κ2) is 9.10. The number of ether oxygens (including phenoxy) is 1. The molecule has 0 atom stereocenters. The van der Waals surface area contributed by atoms with Crippen LogP contribution in [0.1, 0.15) is 30.0 Å². The van der Waals surface area contributed by atoms with Crippen molar-refractivity contribution >= 4 is 32.5 Å². The quantitative estimate of drug-likeness (QED) is 0.237. The van der Waals surface area contributed by atoms with Crippen molar-refractivity contribution in [2.45, 2.75) is 33.1 Å². The molecule has 0 spiro atoms. The molecular formula is C33H29N3OS. The van der Waals surface area contributed by atoms with E-state index in [4.69, 9.17) is 9.72 Å². The van der Waals surface area contributed by atoms with Crippen molar-refractivity contribution in [3.8, 4) is 38.6 Å². The van der Waals surface area contributed by atoms with E-state index < -0.39 is 0 Å². The Bertz CT molecular complexity index is 1850. The van der Waals surface area contributed by atoms with Crippen LogP contribution in [0.3, 0.4) is 0 Å². The van der Waals surface area contributed by atoms with E-state index in [0.717, 1.165) is 58.6 Å². The van der Waals surface area contributed by atoms with E-state index in [9.17, 15) is 0 Å². The highest BCUT2D eigenvalue weighted by Crippen LogP contribution is 2.42. The Kier molecular flexibility index (Phi) is 5.55. The van der Waals surface area contributed by atoms with Crippen molar-refractivity contribution in [2.24, 2.45) is 7.05 Å². The molecule has 38 heavy (non-hydrogen) atoms. The summed E-state index contributed by atoms with van der Waals surface area (Å²) in [4.78, 5) is 5.16. The molecule has 0 radical (unpaired) electrons. The van der Waals surface area contributed by atoms with Crippen molar-refractivity contribution in [3.05, 3.63) is 89.6 Å². The summed E-state index contributed by atoms with van der Waals surface area (Å²) in [5, 5.41) is 6.61. The molecule has 2 aromatic heterocycles. The van der Waals surface area contributed by atoms with Crippen LogP contribution in [0.25, 0.3) is 53.9 Å². The lowest BCUT2D eigenvalue weighted by atomic mass is 9.91. The van der Waals surface area contributed by atoms with Gasteiger partial charge in [0.25, 0.3) is 0 Å². The van der Waals surface area contributed by atoms with Crippen LogP contribution in [0, 0.1) is 6.92 Å². The fraction of sp³-hybridized carbons (Fsp3) is 0.212. The van der Waals surface area contributed by atoms with Crippen LogP contribution in [0.2, 0.25) is 0 Å². The summed E-state index contributed by atoms with van der Waals surface area (Å²) in [5.74, 6) is 1.04. The van der Waals surface area contributed by atoms with Gasteiger partial charge in [0, 0.05) is 23.6 Å². The molecule has 0 aliphatic carbocycles. The molecule has 0 fully saturated rings. The molecule has 0 bridgehead atoms. The van der Waals surface area contributed by atoms with Gasteiger partial charge in [0.05, 0.1) is 28.5 Å². The molecule has 0 N–H and O–H groups in total. The molecule has 0 unspecified atom stereocenters. The van der Waals surface area contributed by atoms with Gasteiger partial charge in [-0.25, -0.2) is 4.98 Å². The molecule has 1 aliphatic heterocycles. The molecule has 4 aromatic carbocycles. The zero-order valence-electron chi connectivity index (χ0n) is 21.9. The molecule has 0 amide bonds. The maximum atomic E-state index is 5.90. The number of fused-ring (bicyclic) bond motifs is 3. The number of thiazole rings is 1. The normalized spacial score (nSPS) is 13.1. The maximum Gasteiger partial charge on any atom is 0.124 e. The third kappa shape index (κ3) is 3.81. The largest absolute Gasteiger partial charge is 0.493 e. The van der Waals surface area contributed by atoms with E-state index in [2.05, 4.69) is 85.7 Å². The Hall–Kier alpha value is -3.96. The Morgan fingerprint density at radius 1 is 0.947 bits per heavy atom. The van der Waals surface area contributed by atoms with Crippen molar-refractivity contribution in [2.75, 3.05) is 6.61 Å². The molecule has 4 nitrogen and oxygen atoms in total. The van der Waals surface area contributed by atoms with Crippen LogP contribution >= 0.6 is 11.3 Å². The number of hydrogen-bond donors (Lipinski definition) is 0. The van der Waals surface area contributed by atoms with Crippen LogP contribution in [0.5, 0.6) is 5.75 Å². The highest BCUT2D eigenvalue weighted by molar-refractivity contribution is 7.22. The fourth-order valence-electron chi connectivity index (χ4n) is 5.81. The van der Waals surface area contributed by atoms with Gasteiger partial charge in [-0.15, -0.1) is 11.3 Å². The smallest absolute Gasteiger partial charge is 0.124 e. The summed E-state index contributed by atoms with van der Waals surface area (Å²) in [6.07, 6.45) is 5.07. The van der Waals surface area contributed by atoms with Gasteiger partial charge in [0.1, 0.15) is 10.8 Å².